The molecule has 1 amide bonds. The summed E-state index contributed by atoms with van der Waals surface area (Å²) in [6.45, 7) is -0.152. The first kappa shape index (κ1) is 18.8. The van der Waals surface area contributed by atoms with Crippen LogP contribution in [0.5, 0.6) is 0 Å². The molecule has 0 aliphatic carbocycles. The number of thiazole rings is 1. The Labute approximate surface area is 164 Å². The highest BCUT2D eigenvalue weighted by molar-refractivity contribution is 9.10. The molecule has 0 aliphatic rings. The highest BCUT2D eigenvalue weighted by Gasteiger charge is 2.14. The number of nitrogens with zero attached hydrogens (tertiary/aromatic N) is 2. The van der Waals surface area contributed by atoms with E-state index in [0.29, 0.717) is 14.7 Å². The van der Waals surface area contributed by atoms with Gasteiger partial charge in [0.05, 0.1) is 27.9 Å². The van der Waals surface area contributed by atoms with Crippen molar-refractivity contribution in [1.82, 2.24) is 4.57 Å². The zero-order valence-corrected chi connectivity index (χ0v) is 16.5. The van der Waals surface area contributed by atoms with Crippen molar-refractivity contribution >= 4 is 61.0 Å². The Morgan fingerprint density at radius 2 is 2.08 bits per heavy atom. The Kier molecular flexibility index (Phi) is 5.55. The number of methoxy groups -OCH3 is 1. The maximum Gasteiger partial charge on any atom is 0.325 e. The Morgan fingerprint density at radius 3 is 2.81 bits per heavy atom. The predicted molar refractivity (Wildman–Crippen MR) is 101 cm³/mol. The summed E-state index contributed by atoms with van der Waals surface area (Å²) in [5, 5.41) is 0.258. The Balaban J connectivity index is 2.17. The van der Waals surface area contributed by atoms with Crippen LogP contribution in [0.1, 0.15) is 10.4 Å². The van der Waals surface area contributed by atoms with Crippen molar-refractivity contribution in [2.75, 3.05) is 7.11 Å². The van der Waals surface area contributed by atoms with E-state index in [0.717, 1.165) is 11.3 Å². The smallest absolute Gasteiger partial charge is 0.325 e. The summed E-state index contributed by atoms with van der Waals surface area (Å²) in [4.78, 5) is 28.6. The fraction of sp³-hybridized carbons (Fsp3) is 0.118. The van der Waals surface area contributed by atoms with Crippen LogP contribution < -0.4 is 4.80 Å². The standard InChI is InChI=1S/C17H11BrClFN2O3S/c1-25-15(23)8-22-13-5-3-10(20)7-14(13)26-17(22)21-16(24)11-6-9(18)2-4-12(11)19/h2-7H,8H2,1H3. The Bertz CT molecular complexity index is 1090. The van der Waals surface area contributed by atoms with Crippen molar-refractivity contribution in [3.8, 4) is 0 Å². The van der Waals surface area contributed by atoms with Gasteiger partial charge in [-0.05, 0) is 36.4 Å². The quantitative estimate of drug-likeness (QED) is 0.555. The molecule has 134 valence electrons. The summed E-state index contributed by atoms with van der Waals surface area (Å²) in [7, 11) is 1.26. The fourth-order valence-electron chi connectivity index (χ4n) is 2.29. The van der Waals surface area contributed by atoms with Crippen molar-refractivity contribution in [2.45, 2.75) is 6.54 Å². The fourth-order valence-corrected chi connectivity index (χ4v) is 3.90. The minimum absolute atomic E-state index is 0.152. The van der Waals surface area contributed by atoms with Crippen LogP contribution in [-0.2, 0) is 16.1 Å². The third-order valence-electron chi connectivity index (χ3n) is 3.52. The molecule has 0 fully saturated rings. The second-order valence-corrected chi connectivity index (χ2v) is 7.53. The molecule has 3 aromatic rings. The number of carbonyl (C=O) groups is 2. The maximum atomic E-state index is 13.5. The Morgan fingerprint density at radius 1 is 1.31 bits per heavy atom. The first-order valence-electron chi connectivity index (χ1n) is 7.29. The molecule has 26 heavy (non-hydrogen) atoms. The topological polar surface area (TPSA) is 60.7 Å². The summed E-state index contributed by atoms with van der Waals surface area (Å²) in [5.41, 5.74) is 0.794. The van der Waals surface area contributed by atoms with Gasteiger partial charge in [-0.25, -0.2) is 4.39 Å². The molecular weight excluding hydrogens is 447 g/mol. The van der Waals surface area contributed by atoms with Crippen molar-refractivity contribution in [3.63, 3.8) is 0 Å². The third-order valence-corrected chi connectivity index (χ3v) is 5.38. The number of carbonyl (C=O) groups excluding carboxylic acids is 2. The number of fused-ring (bicyclic) bond motifs is 1. The zero-order chi connectivity index (χ0) is 18.8. The molecule has 2 aromatic carbocycles. The number of hydrogen-bond donors (Lipinski definition) is 0. The maximum absolute atomic E-state index is 13.5. The van der Waals surface area contributed by atoms with Gasteiger partial charge in [-0.15, -0.1) is 0 Å². The monoisotopic (exact) mass is 456 g/mol. The molecule has 0 N–H and O–H groups in total. The normalized spacial score (nSPS) is 11.8. The van der Waals surface area contributed by atoms with Crippen LogP contribution in [0.4, 0.5) is 4.39 Å². The molecule has 0 atom stereocenters. The van der Waals surface area contributed by atoms with E-state index >= 15 is 0 Å². The van der Waals surface area contributed by atoms with E-state index in [2.05, 4.69) is 20.9 Å². The van der Waals surface area contributed by atoms with Crippen molar-refractivity contribution < 1.29 is 18.7 Å². The van der Waals surface area contributed by atoms with Gasteiger partial charge in [-0.2, -0.15) is 4.99 Å². The number of esters is 1. The second-order valence-electron chi connectivity index (χ2n) is 5.20. The number of aromatic nitrogens is 1. The molecular formula is C17H11BrClFN2O3S. The van der Waals surface area contributed by atoms with Crippen LogP contribution in [-0.4, -0.2) is 23.6 Å². The van der Waals surface area contributed by atoms with Gasteiger partial charge in [0.1, 0.15) is 12.4 Å². The third kappa shape index (κ3) is 3.87. The molecule has 1 aromatic heterocycles. The van der Waals surface area contributed by atoms with Gasteiger partial charge in [0.15, 0.2) is 4.80 Å². The predicted octanol–water partition coefficient (Wildman–Crippen LogP) is 4.17. The van der Waals surface area contributed by atoms with Crippen LogP contribution in [0.3, 0.4) is 0 Å². The van der Waals surface area contributed by atoms with Gasteiger partial charge in [0, 0.05) is 4.47 Å². The highest BCUT2D eigenvalue weighted by atomic mass is 79.9. The molecule has 3 rings (SSSR count). The van der Waals surface area contributed by atoms with Gasteiger partial charge < -0.3 is 9.30 Å². The summed E-state index contributed by atoms with van der Waals surface area (Å²) in [6, 6.07) is 8.98. The molecule has 0 aliphatic heterocycles. The zero-order valence-electron chi connectivity index (χ0n) is 13.3. The number of ether oxygens (including phenoxy) is 1. The summed E-state index contributed by atoms with van der Waals surface area (Å²) >= 11 is 10.5. The molecule has 0 saturated carbocycles. The SMILES string of the molecule is COC(=O)Cn1c(=NC(=O)c2cc(Br)ccc2Cl)sc2cc(F)ccc21. The second kappa shape index (κ2) is 7.69. The molecule has 0 spiro atoms. The first-order chi connectivity index (χ1) is 12.4. The number of amides is 1. The minimum atomic E-state index is -0.568. The highest BCUT2D eigenvalue weighted by Crippen LogP contribution is 2.22. The van der Waals surface area contributed by atoms with Gasteiger partial charge in [-0.1, -0.05) is 38.9 Å². The minimum Gasteiger partial charge on any atom is -0.468 e. The summed E-state index contributed by atoms with van der Waals surface area (Å²) in [5.74, 6) is -1.50. The first-order valence-corrected chi connectivity index (χ1v) is 9.27. The van der Waals surface area contributed by atoms with Crippen LogP contribution in [0.15, 0.2) is 45.9 Å². The lowest BCUT2D eigenvalue weighted by Gasteiger charge is -2.04. The lowest BCUT2D eigenvalue weighted by Crippen LogP contribution is -2.22. The number of benzene rings is 2. The molecule has 1 heterocycles. The molecule has 0 unspecified atom stereocenters. The van der Waals surface area contributed by atoms with Crippen molar-refractivity contribution in [1.29, 1.82) is 0 Å². The van der Waals surface area contributed by atoms with Crippen LogP contribution in [0, 0.1) is 5.82 Å². The molecule has 0 bridgehead atoms. The lowest BCUT2D eigenvalue weighted by atomic mass is 10.2. The average molecular weight is 458 g/mol. The van der Waals surface area contributed by atoms with Crippen LogP contribution >= 0.6 is 38.9 Å². The van der Waals surface area contributed by atoms with Gasteiger partial charge >= 0.3 is 5.97 Å². The van der Waals surface area contributed by atoms with Gasteiger partial charge in [-0.3, -0.25) is 9.59 Å². The van der Waals surface area contributed by atoms with E-state index in [1.54, 1.807) is 18.2 Å². The Hall–Kier alpha value is -2.03. The molecule has 5 nitrogen and oxygen atoms in total. The van der Waals surface area contributed by atoms with E-state index in [1.165, 1.54) is 29.9 Å². The van der Waals surface area contributed by atoms with E-state index in [-0.39, 0.29) is 21.9 Å². The van der Waals surface area contributed by atoms with E-state index < -0.39 is 17.7 Å². The molecule has 9 heteroatoms. The van der Waals surface area contributed by atoms with Crippen molar-refractivity contribution in [2.24, 2.45) is 4.99 Å². The van der Waals surface area contributed by atoms with E-state index in [4.69, 9.17) is 16.3 Å². The van der Waals surface area contributed by atoms with Gasteiger partial charge in [0.2, 0.25) is 0 Å². The summed E-state index contributed by atoms with van der Waals surface area (Å²) < 4.78 is 21.0. The van der Waals surface area contributed by atoms with Crippen molar-refractivity contribution in [3.05, 3.63) is 62.1 Å². The number of hydrogen-bond acceptors (Lipinski definition) is 4. The largest absolute Gasteiger partial charge is 0.468 e. The average Bonchev–Trinajstić information content (AvgIpc) is 2.93. The number of halogens is 3. The van der Waals surface area contributed by atoms with Crippen LogP contribution in [0.25, 0.3) is 10.2 Å². The molecule has 0 radical (unpaired) electrons. The lowest BCUT2D eigenvalue weighted by molar-refractivity contribution is -0.141. The summed E-state index contributed by atoms with van der Waals surface area (Å²) in [6.07, 6.45) is 0. The van der Waals surface area contributed by atoms with Crippen LogP contribution in [0.2, 0.25) is 5.02 Å². The van der Waals surface area contributed by atoms with E-state index in [9.17, 15) is 14.0 Å². The van der Waals surface area contributed by atoms with Gasteiger partial charge in [0.25, 0.3) is 5.91 Å². The molecule has 0 saturated heterocycles. The van der Waals surface area contributed by atoms with E-state index in [1.807, 2.05) is 0 Å². The number of rotatable bonds is 3.